The summed E-state index contributed by atoms with van der Waals surface area (Å²) in [5.74, 6) is 0.167. The van der Waals surface area contributed by atoms with Gasteiger partial charge in [-0.1, -0.05) is 6.07 Å². The number of ether oxygens (including phenoxy) is 1. The third kappa shape index (κ3) is 3.77. The summed E-state index contributed by atoms with van der Waals surface area (Å²) in [5.41, 5.74) is 1.00. The smallest absolute Gasteiger partial charge is 0.225 e. The largest absolute Gasteiger partial charge is 0.370 e. The molecule has 2 aromatic heterocycles. The fraction of sp³-hybridized carbons (Fsp3) is 0.500. The van der Waals surface area contributed by atoms with Crippen molar-refractivity contribution in [3.8, 4) is 0 Å². The Labute approximate surface area is 146 Å². The van der Waals surface area contributed by atoms with Crippen molar-refractivity contribution in [1.29, 1.82) is 0 Å². The van der Waals surface area contributed by atoms with E-state index in [-0.39, 0.29) is 5.60 Å². The molecule has 4 heterocycles. The van der Waals surface area contributed by atoms with Gasteiger partial charge in [-0.25, -0.2) is 14.4 Å². The second-order valence-corrected chi connectivity index (χ2v) is 6.83. The molecule has 0 amide bonds. The molecule has 0 unspecified atom stereocenters. The lowest BCUT2D eigenvalue weighted by Gasteiger charge is -2.48. The van der Waals surface area contributed by atoms with Crippen molar-refractivity contribution in [2.75, 3.05) is 37.7 Å². The predicted octanol–water partition coefficient (Wildman–Crippen LogP) is 1.88. The number of hydrogen-bond donors (Lipinski definition) is 0. The van der Waals surface area contributed by atoms with E-state index in [1.165, 1.54) is 18.0 Å². The third-order valence-corrected chi connectivity index (χ3v) is 4.89. The van der Waals surface area contributed by atoms with Gasteiger partial charge >= 0.3 is 0 Å². The molecule has 1 spiro atoms. The Morgan fingerprint density at radius 1 is 1.16 bits per heavy atom. The van der Waals surface area contributed by atoms with Gasteiger partial charge in [0.05, 0.1) is 31.1 Å². The number of morpholine rings is 1. The van der Waals surface area contributed by atoms with Crippen LogP contribution < -0.4 is 4.90 Å². The molecule has 2 aliphatic heterocycles. The zero-order chi connectivity index (χ0) is 17.1. The van der Waals surface area contributed by atoms with E-state index >= 15 is 0 Å². The molecule has 0 aromatic carbocycles. The molecule has 2 fully saturated rings. The van der Waals surface area contributed by atoms with Gasteiger partial charge in [0.15, 0.2) is 5.82 Å². The van der Waals surface area contributed by atoms with Gasteiger partial charge in [0.1, 0.15) is 0 Å². The van der Waals surface area contributed by atoms with Gasteiger partial charge in [-0.15, -0.1) is 0 Å². The highest BCUT2D eigenvalue weighted by atomic mass is 19.1. The maximum absolute atomic E-state index is 13.1. The summed E-state index contributed by atoms with van der Waals surface area (Å²) in [7, 11) is 0. The molecule has 0 N–H and O–H groups in total. The Morgan fingerprint density at radius 2 is 2.04 bits per heavy atom. The second kappa shape index (κ2) is 7.01. The molecule has 1 atom stereocenters. The Kier molecular flexibility index (Phi) is 4.59. The highest BCUT2D eigenvalue weighted by Crippen LogP contribution is 2.31. The quantitative estimate of drug-likeness (QED) is 0.848. The third-order valence-electron chi connectivity index (χ3n) is 4.89. The van der Waals surface area contributed by atoms with Crippen molar-refractivity contribution in [2.24, 2.45) is 0 Å². The monoisotopic (exact) mass is 343 g/mol. The van der Waals surface area contributed by atoms with Crippen LogP contribution in [0.5, 0.6) is 0 Å². The predicted molar refractivity (Wildman–Crippen MR) is 91.6 cm³/mol. The maximum atomic E-state index is 13.1. The Hall–Kier alpha value is -2.12. The summed E-state index contributed by atoms with van der Waals surface area (Å²) in [6, 6.07) is 4.08. The van der Waals surface area contributed by atoms with Crippen molar-refractivity contribution in [2.45, 2.75) is 25.0 Å². The van der Waals surface area contributed by atoms with E-state index < -0.39 is 5.82 Å². The summed E-state index contributed by atoms with van der Waals surface area (Å²) in [6.45, 7) is 5.01. The second-order valence-electron chi connectivity index (χ2n) is 6.83. The van der Waals surface area contributed by atoms with E-state index in [9.17, 15) is 4.39 Å². The number of pyridine rings is 1. The lowest BCUT2D eigenvalue weighted by molar-refractivity contribution is -0.116. The van der Waals surface area contributed by atoms with Crippen LogP contribution >= 0.6 is 0 Å². The van der Waals surface area contributed by atoms with Gasteiger partial charge in [-0.05, 0) is 24.5 Å². The average Bonchev–Trinajstić information content (AvgIpc) is 2.63. The minimum atomic E-state index is -0.410. The molecule has 6 nitrogen and oxygen atoms in total. The van der Waals surface area contributed by atoms with Crippen molar-refractivity contribution in [3.63, 3.8) is 0 Å². The van der Waals surface area contributed by atoms with Gasteiger partial charge in [0.25, 0.3) is 0 Å². The fourth-order valence-electron chi connectivity index (χ4n) is 3.79. The lowest BCUT2D eigenvalue weighted by atomic mass is 9.90. The molecule has 2 saturated heterocycles. The standard InChI is InChI=1S/C18H22FN5O/c19-16-10-21-17(22-11-16)24-6-2-4-18(14-24)13-23(7-8-25-18)12-15-3-1-5-20-9-15/h1,3,5,9-11H,2,4,6-8,12-14H2/t18-/m1/s1. The van der Waals surface area contributed by atoms with Crippen LogP contribution in [0.1, 0.15) is 18.4 Å². The van der Waals surface area contributed by atoms with Crippen LogP contribution in [-0.2, 0) is 11.3 Å². The van der Waals surface area contributed by atoms with Gasteiger partial charge < -0.3 is 9.64 Å². The zero-order valence-electron chi connectivity index (χ0n) is 14.1. The molecule has 7 heteroatoms. The van der Waals surface area contributed by atoms with Crippen LogP contribution in [0, 0.1) is 5.82 Å². The molecule has 2 aliphatic rings. The lowest BCUT2D eigenvalue weighted by Crippen LogP contribution is -2.59. The number of halogens is 1. The van der Waals surface area contributed by atoms with Crippen molar-refractivity contribution < 1.29 is 9.13 Å². The van der Waals surface area contributed by atoms with Gasteiger partial charge in [0.2, 0.25) is 5.95 Å². The summed E-state index contributed by atoms with van der Waals surface area (Å²) in [5, 5.41) is 0. The first-order valence-corrected chi connectivity index (χ1v) is 8.70. The number of rotatable bonds is 3. The summed E-state index contributed by atoms with van der Waals surface area (Å²) in [4.78, 5) is 17.0. The van der Waals surface area contributed by atoms with Crippen molar-refractivity contribution >= 4 is 5.95 Å². The molecule has 0 bridgehead atoms. The van der Waals surface area contributed by atoms with Crippen LogP contribution in [0.15, 0.2) is 36.9 Å². The first-order valence-electron chi connectivity index (χ1n) is 8.70. The van der Waals surface area contributed by atoms with E-state index in [1.807, 2.05) is 12.3 Å². The Balaban J connectivity index is 1.45. The topological polar surface area (TPSA) is 54.4 Å². The van der Waals surface area contributed by atoms with E-state index in [2.05, 4.69) is 30.8 Å². The molecule has 2 aromatic rings. The van der Waals surface area contributed by atoms with E-state index in [0.717, 1.165) is 52.2 Å². The van der Waals surface area contributed by atoms with Crippen LogP contribution in [0.2, 0.25) is 0 Å². The van der Waals surface area contributed by atoms with Gasteiger partial charge in [-0.2, -0.15) is 0 Å². The number of anilines is 1. The molecule has 25 heavy (non-hydrogen) atoms. The minimum Gasteiger partial charge on any atom is -0.370 e. The van der Waals surface area contributed by atoms with Crippen LogP contribution in [0.25, 0.3) is 0 Å². The maximum Gasteiger partial charge on any atom is 0.225 e. The van der Waals surface area contributed by atoms with E-state index in [0.29, 0.717) is 5.95 Å². The number of hydrogen-bond acceptors (Lipinski definition) is 6. The summed E-state index contributed by atoms with van der Waals surface area (Å²) < 4.78 is 19.3. The van der Waals surface area contributed by atoms with Crippen LogP contribution in [0.4, 0.5) is 10.3 Å². The minimum absolute atomic E-state index is 0.212. The SMILES string of the molecule is Fc1cnc(N2CCC[C@@]3(CN(Cc4cccnc4)CCO3)C2)nc1. The molecule has 0 radical (unpaired) electrons. The zero-order valence-corrected chi connectivity index (χ0v) is 14.1. The number of nitrogens with zero attached hydrogens (tertiary/aromatic N) is 5. The molecule has 0 saturated carbocycles. The molecular weight excluding hydrogens is 321 g/mol. The average molecular weight is 343 g/mol. The molecule has 0 aliphatic carbocycles. The number of piperidine rings is 1. The van der Waals surface area contributed by atoms with Gasteiger partial charge in [-0.3, -0.25) is 9.88 Å². The first kappa shape index (κ1) is 16.4. The van der Waals surface area contributed by atoms with E-state index in [4.69, 9.17) is 4.74 Å². The Morgan fingerprint density at radius 3 is 2.84 bits per heavy atom. The molecular formula is C18H22FN5O. The number of aromatic nitrogens is 3. The van der Waals surface area contributed by atoms with Crippen LogP contribution in [0.3, 0.4) is 0 Å². The summed E-state index contributed by atoms with van der Waals surface area (Å²) in [6.07, 6.45) is 8.20. The Bertz CT molecular complexity index is 694. The fourth-order valence-corrected chi connectivity index (χ4v) is 3.79. The highest BCUT2D eigenvalue weighted by Gasteiger charge is 2.41. The summed E-state index contributed by atoms with van der Waals surface area (Å²) >= 11 is 0. The molecule has 132 valence electrons. The van der Waals surface area contributed by atoms with Crippen molar-refractivity contribution in [3.05, 3.63) is 48.3 Å². The first-order chi connectivity index (χ1) is 12.2. The normalized spacial score (nSPS) is 24.6. The van der Waals surface area contributed by atoms with Crippen molar-refractivity contribution in [1.82, 2.24) is 19.9 Å². The van der Waals surface area contributed by atoms with Crippen LogP contribution in [-0.4, -0.2) is 58.2 Å². The molecule has 4 rings (SSSR count). The van der Waals surface area contributed by atoms with E-state index in [1.54, 1.807) is 6.20 Å². The van der Waals surface area contributed by atoms with Gasteiger partial charge in [0, 0.05) is 38.6 Å². The highest BCUT2D eigenvalue weighted by molar-refractivity contribution is 5.31.